The van der Waals surface area contributed by atoms with E-state index < -0.39 is 5.91 Å². The van der Waals surface area contributed by atoms with E-state index in [2.05, 4.69) is 21.8 Å². The second-order valence-corrected chi connectivity index (χ2v) is 7.54. The molecule has 3 heterocycles. The summed E-state index contributed by atoms with van der Waals surface area (Å²) in [4.78, 5) is 21.0. The predicted octanol–water partition coefficient (Wildman–Crippen LogP) is 1.04. The molecule has 2 aliphatic heterocycles. The average Bonchev–Trinajstić information content (AvgIpc) is 2.94. The van der Waals surface area contributed by atoms with E-state index in [1.165, 1.54) is 32.4 Å². The van der Waals surface area contributed by atoms with E-state index in [0.717, 1.165) is 30.8 Å². The van der Waals surface area contributed by atoms with Gasteiger partial charge in [-0.05, 0) is 56.3 Å². The third-order valence-corrected chi connectivity index (χ3v) is 5.93. The summed E-state index contributed by atoms with van der Waals surface area (Å²) in [5, 5.41) is 8.73. The Kier molecular flexibility index (Phi) is 3.63. The van der Waals surface area contributed by atoms with Gasteiger partial charge in [0.1, 0.15) is 0 Å². The second-order valence-electron chi connectivity index (χ2n) is 7.54. The van der Waals surface area contributed by atoms with Crippen LogP contribution in [-0.2, 0) is 13.0 Å². The number of aromatic nitrogens is 1. The Bertz CT molecular complexity index is 627. The van der Waals surface area contributed by atoms with Crippen molar-refractivity contribution < 1.29 is 10.0 Å². The van der Waals surface area contributed by atoms with Crippen molar-refractivity contribution in [1.29, 1.82) is 0 Å². The number of amides is 1. The normalized spacial score (nSPS) is 31.0. The molecule has 1 spiro atoms. The average molecular weight is 316 g/mol. The Labute approximate surface area is 136 Å². The van der Waals surface area contributed by atoms with Gasteiger partial charge in [0.25, 0.3) is 5.91 Å². The van der Waals surface area contributed by atoms with Crippen LogP contribution in [0.4, 0.5) is 0 Å². The van der Waals surface area contributed by atoms with E-state index in [-0.39, 0.29) is 0 Å². The molecular weight excluding hydrogens is 292 g/mol. The molecular formula is C17H24N4O2. The highest BCUT2D eigenvalue weighted by molar-refractivity contribution is 5.93. The zero-order valence-electron chi connectivity index (χ0n) is 13.6. The van der Waals surface area contributed by atoms with Crippen molar-refractivity contribution in [1.82, 2.24) is 20.3 Å². The lowest BCUT2D eigenvalue weighted by Gasteiger charge is -2.51. The van der Waals surface area contributed by atoms with Crippen molar-refractivity contribution in [2.24, 2.45) is 5.41 Å². The SMILES string of the molecule is CN1CCC2(CC(N3CCc4cc(C(=O)NO)cnc4C3)C2)C1. The molecule has 1 aliphatic carbocycles. The summed E-state index contributed by atoms with van der Waals surface area (Å²) in [7, 11) is 2.23. The topological polar surface area (TPSA) is 68.7 Å². The molecule has 0 radical (unpaired) electrons. The van der Waals surface area contributed by atoms with Crippen LogP contribution in [0.25, 0.3) is 0 Å². The molecule has 4 rings (SSSR count). The molecule has 1 amide bonds. The predicted molar refractivity (Wildman–Crippen MR) is 85.2 cm³/mol. The second kappa shape index (κ2) is 5.54. The van der Waals surface area contributed by atoms with Crippen molar-refractivity contribution in [3.8, 4) is 0 Å². The first-order valence-corrected chi connectivity index (χ1v) is 8.43. The van der Waals surface area contributed by atoms with Gasteiger partial charge in [-0.1, -0.05) is 0 Å². The Morgan fingerprint density at radius 3 is 2.96 bits per heavy atom. The van der Waals surface area contributed by atoms with Crippen LogP contribution in [0.5, 0.6) is 0 Å². The van der Waals surface area contributed by atoms with E-state index in [4.69, 9.17) is 5.21 Å². The number of likely N-dealkylation sites (tertiary alicyclic amines) is 1. The minimum absolute atomic E-state index is 0.427. The smallest absolute Gasteiger partial charge is 0.276 e. The van der Waals surface area contributed by atoms with Crippen LogP contribution in [0.15, 0.2) is 12.3 Å². The van der Waals surface area contributed by atoms with Gasteiger partial charge in [-0.2, -0.15) is 0 Å². The van der Waals surface area contributed by atoms with Gasteiger partial charge >= 0.3 is 0 Å². The molecule has 6 heteroatoms. The molecule has 0 aromatic carbocycles. The van der Waals surface area contributed by atoms with Crippen LogP contribution in [0, 0.1) is 5.41 Å². The maximum absolute atomic E-state index is 11.5. The molecule has 1 aromatic rings. The lowest BCUT2D eigenvalue weighted by atomic mass is 9.64. The van der Waals surface area contributed by atoms with Crippen LogP contribution in [-0.4, -0.2) is 58.6 Å². The molecule has 0 atom stereocenters. The number of fused-ring (bicyclic) bond motifs is 1. The van der Waals surface area contributed by atoms with Crippen molar-refractivity contribution >= 4 is 5.91 Å². The third kappa shape index (κ3) is 2.65. The first-order chi connectivity index (χ1) is 11.1. The number of nitrogens with zero attached hydrogens (tertiary/aromatic N) is 3. The molecule has 3 aliphatic rings. The Balaban J connectivity index is 1.41. The first kappa shape index (κ1) is 15.1. The van der Waals surface area contributed by atoms with Gasteiger partial charge in [0.05, 0.1) is 11.3 Å². The number of nitrogens with one attached hydrogen (secondary N) is 1. The zero-order chi connectivity index (χ0) is 16.0. The van der Waals surface area contributed by atoms with Crippen LogP contribution >= 0.6 is 0 Å². The fraction of sp³-hybridized carbons (Fsp3) is 0.647. The summed E-state index contributed by atoms with van der Waals surface area (Å²) in [6.45, 7) is 4.42. The number of carbonyl (C=O) groups is 1. The van der Waals surface area contributed by atoms with Crippen LogP contribution < -0.4 is 5.48 Å². The Morgan fingerprint density at radius 2 is 2.26 bits per heavy atom. The fourth-order valence-electron chi connectivity index (χ4n) is 4.62. The van der Waals surface area contributed by atoms with Crippen molar-refractivity contribution in [3.63, 3.8) is 0 Å². The molecule has 0 bridgehead atoms. The highest BCUT2D eigenvalue weighted by Gasteiger charge is 2.49. The van der Waals surface area contributed by atoms with Crippen molar-refractivity contribution in [2.45, 2.75) is 38.3 Å². The highest BCUT2D eigenvalue weighted by Crippen LogP contribution is 2.50. The van der Waals surface area contributed by atoms with Gasteiger partial charge in [0, 0.05) is 31.9 Å². The highest BCUT2D eigenvalue weighted by atomic mass is 16.5. The van der Waals surface area contributed by atoms with Crippen LogP contribution in [0.2, 0.25) is 0 Å². The quantitative estimate of drug-likeness (QED) is 0.630. The lowest BCUT2D eigenvalue weighted by Crippen LogP contribution is -2.53. The molecule has 2 N–H and O–H groups in total. The summed E-state index contributed by atoms with van der Waals surface area (Å²) in [5.41, 5.74) is 4.89. The monoisotopic (exact) mass is 316 g/mol. The van der Waals surface area contributed by atoms with Gasteiger partial charge in [0.15, 0.2) is 0 Å². The summed E-state index contributed by atoms with van der Waals surface area (Å²) in [6.07, 6.45) is 6.47. The van der Waals surface area contributed by atoms with E-state index in [1.807, 2.05) is 6.07 Å². The summed E-state index contributed by atoms with van der Waals surface area (Å²) < 4.78 is 0. The number of rotatable bonds is 2. The maximum atomic E-state index is 11.5. The molecule has 1 saturated heterocycles. The standard InChI is InChI=1S/C17H24N4O2/c1-20-5-3-17(11-20)7-14(8-17)21-4-2-12-6-13(16(22)19-23)9-18-15(12)10-21/h6,9,14,23H,2-5,7-8,10-11H2,1H3,(H,19,22). The summed E-state index contributed by atoms with van der Waals surface area (Å²) in [6, 6.07) is 2.55. The van der Waals surface area contributed by atoms with Gasteiger partial charge in [0.2, 0.25) is 0 Å². The third-order valence-electron chi connectivity index (χ3n) is 5.93. The number of carbonyl (C=O) groups excluding carboxylic acids is 1. The fourth-order valence-corrected chi connectivity index (χ4v) is 4.62. The number of hydrogen-bond donors (Lipinski definition) is 2. The molecule has 2 fully saturated rings. The molecule has 1 aromatic heterocycles. The number of pyridine rings is 1. The van der Waals surface area contributed by atoms with E-state index in [0.29, 0.717) is 17.0 Å². The van der Waals surface area contributed by atoms with Crippen molar-refractivity contribution in [3.05, 3.63) is 29.1 Å². The summed E-state index contributed by atoms with van der Waals surface area (Å²) in [5.74, 6) is -0.492. The Morgan fingerprint density at radius 1 is 1.43 bits per heavy atom. The number of hydroxylamine groups is 1. The zero-order valence-corrected chi connectivity index (χ0v) is 13.6. The minimum Gasteiger partial charge on any atom is -0.306 e. The van der Waals surface area contributed by atoms with Gasteiger partial charge < -0.3 is 4.90 Å². The van der Waals surface area contributed by atoms with Crippen LogP contribution in [0.1, 0.15) is 40.9 Å². The lowest BCUT2D eigenvalue weighted by molar-refractivity contribution is 0.000356. The van der Waals surface area contributed by atoms with Crippen molar-refractivity contribution in [2.75, 3.05) is 26.7 Å². The minimum atomic E-state index is -0.492. The van der Waals surface area contributed by atoms with Crippen LogP contribution in [0.3, 0.4) is 0 Å². The maximum Gasteiger partial charge on any atom is 0.276 e. The molecule has 0 unspecified atom stereocenters. The number of hydrogen-bond acceptors (Lipinski definition) is 5. The van der Waals surface area contributed by atoms with E-state index in [1.54, 1.807) is 11.7 Å². The van der Waals surface area contributed by atoms with Gasteiger partial charge in [-0.15, -0.1) is 0 Å². The molecule has 124 valence electrons. The first-order valence-electron chi connectivity index (χ1n) is 8.43. The summed E-state index contributed by atoms with van der Waals surface area (Å²) >= 11 is 0. The van der Waals surface area contributed by atoms with Gasteiger partial charge in [-0.25, -0.2) is 5.48 Å². The Hall–Kier alpha value is -1.50. The van der Waals surface area contributed by atoms with E-state index in [9.17, 15) is 4.79 Å². The molecule has 1 saturated carbocycles. The molecule has 23 heavy (non-hydrogen) atoms. The van der Waals surface area contributed by atoms with Gasteiger partial charge in [-0.3, -0.25) is 19.9 Å². The largest absolute Gasteiger partial charge is 0.306 e. The molecule has 6 nitrogen and oxygen atoms in total. The van der Waals surface area contributed by atoms with E-state index >= 15 is 0 Å².